The molecule has 2 heterocycles. The van der Waals surface area contributed by atoms with Crippen LogP contribution in [0.2, 0.25) is 5.15 Å². The Bertz CT molecular complexity index is 1380. The van der Waals surface area contributed by atoms with E-state index in [4.69, 9.17) is 26.3 Å². The molecule has 0 N–H and O–H groups in total. The SMILES string of the molecule is COc1cccc([C@H](CN2CCN(S(=O)(=O)c3c(C)nn(C)c3Cl)CC2)OCc2ccc(C#N)cc2)c1. The number of methoxy groups -OCH3 is 1. The molecule has 0 unspecified atom stereocenters. The van der Waals surface area contributed by atoms with Gasteiger partial charge in [-0.15, -0.1) is 0 Å². The molecule has 0 radical (unpaired) electrons. The van der Waals surface area contributed by atoms with Gasteiger partial charge in [0.25, 0.3) is 0 Å². The fourth-order valence-corrected chi connectivity index (χ4v) is 6.52. The van der Waals surface area contributed by atoms with Crippen LogP contribution < -0.4 is 4.74 Å². The fourth-order valence-electron chi connectivity index (χ4n) is 4.39. The molecule has 37 heavy (non-hydrogen) atoms. The van der Waals surface area contributed by atoms with Crippen LogP contribution in [0.25, 0.3) is 0 Å². The van der Waals surface area contributed by atoms with E-state index >= 15 is 0 Å². The first-order chi connectivity index (χ1) is 17.7. The number of nitriles is 1. The largest absolute Gasteiger partial charge is 0.497 e. The van der Waals surface area contributed by atoms with Crippen molar-refractivity contribution < 1.29 is 17.9 Å². The van der Waals surface area contributed by atoms with Gasteiger partial charge >= 0.3 is 0 Å². The zero-order chi connectivity index (χ0) is 26.6. The molecule has 0 amide bonds. The third-order valence-corrected chi connectivity index (χ3v) is 9.05. The van der Waals surface area contributed by atoms with E-state index in [1.54, 1.807) is 33.2 Å². The summed E-state index contributed by atoms with van der Waals surface area (Å²) in [5.41, 5.74) is 2.93. The number of nitrogens with zero attached hydrogens (tertiary/aromatic N) is 5. The lowest BCUT2D eigenvalue weighted by Crippen LogP contribution is -2.49. The highest BCUT2D eigenvalue weighted by atomic mass is 35.5. The molecule has 0 aliphatic carbocycles. The first-order valence-electron chi connectivity index (χ1n) is 11.9. The molecule has 2 aromatic carbocycles. The molecular formula is C26H30ClN5O4S. The molecule has 1 saturated heterocycles. The summed E-state index contributed by atoms with van der Waals surface area (Å²) in [6.07, 6.45) is -0.260. The van der Waals surface area contributed by atoms with Crippen LogP contribution in [-0.2, 0) is 28.4 Å². The van der Waals surface area contributed by atoms with Crippen molar-refractivity contribution in [1.82, 2.24) is 19.0 Å². The molecule has 1 aliphatic heterocycles. The van der Waals surface area contributed by atoms with Crippen molar-refractivity contribution in [1.29, 1.82) is 5.26 Å². The summed E-state index contributed by atoms with van der Waals surface area (Å²) < 4.78 is 41.2. The third kappa shape index (κ3) is 6.14. The van der Waals surface area contributed by atoms with Crippen LogP contribution in [0, 0.1) is 18.3 Å². The predicted molar refractivity (Wildman–Crippen MR) is 140 cm³/mol. The molecule has 0 saturated carbocycles. The number of piperazine rings is 1. The number of rotatable bonds is 9. The molecule has 0 spiro atoms. The average molecular weight is 544 g/mol. The van der Waals surface area contributed by atoms with Gasteiger partial charge in [-0.1, -0.05) is 35.9 Å². The highest BCUT2D eigenvalue weighted by Crippen LogP contribution is 2.29. The summed E-state index contributed by atoms with van der Waals surface area (Å²) in [6.45, 7) is 4.40. The van der Waals surface area contributed by atoms with Crippen LogP contribution in [0.4, 0.5) is 0 Å². The monoisotopic (exact) mass is 543 g/mol. The number of sulfonamides is 1. The maximum Gasteiger partial charge on any atom is 0.248 e. The van der Waals surface area contributed by atoms with E-state index in [0.29, 0.717) is 50.6 Å². The number of aryl methyl sites for hydroxylation is 2. The minimum Gasteiger partial charge on any atom is -0.497 e. The molecule has 1 fully saturated rings. The van der Waals surface area contributed by atoms with E-state index in [2.05, 4.69) is 16.1 Å². The van der Waals surface area contributed by atoms with Crippen molar-refractivity contribution in [2.24, 2.45) is 7.05 Å². The van der Waals surface area contributed by atoms with Gasteiger partial charge in [0.15, 0.2) is 0 Å². The molecule has 9 nitrogen and oxygen atoms in total. The van der Waals surface area contributed by atoms with E-state index in [9.17, 15) is 8.42 Å². The van der Waals surface area contributed by atoms with Gasteiger partial charge in [-0.05, 0) is 42.3 Å². The highest BCUT2D eigenvalue weighted by molar-refractivity contribution is 7.89. The molecule has 1 atom stereocenters. The Kier molecular flexibility index (Phi) is 8.52. The fraction of sp³-hybridized carbons (Fsp3) is 0.385. The van der Waals surface area contributed by atoms with Gasteiger partial charge in [0.1, 0.15) is 15.8 Å². The zero-order valence-corrected chi connectivity index (χ0v) is 22.7. The zero-order valence-electron chi connectivity index (χ0n) is 21.1. The number of ether oxygens (including phenoxy) is 2. The first-order valence-corrected chi connectivity index (χ1v) is 13.7. The predicted octanol–water partition coefficient (Wildman–Crippen LogP) is 3.53. The molecule has 196 valence electrons. The minimum atomic E-state index is -3.75. The first kappa shape index (κ1) is 27.1. The van der Waals surface area contributed by atoms with Crippen molar-refractivity contribution >= 4 is 21.6 Å². The average Bonchev–Trinajstić information content (AvgIpc) is 3.18. The van der Waals surface area contributed by atoms with Crippen LogP contribution in [-0.4, -0.2) is 67.2 Å². The molecule has 3 aromatic rings. The summed E-state index contributed by atoms with van der Waals surface area (Å²) in [5, 5.41) is 13.3. The van der Waals surface area contributed by atoms with E-state index < -0.39 is 10.0 Å². The number of hydrogen-bond acceptors (Lipinski definition) is 7. The quantitative estimate of drug-likeness (QED) is 0.407. The Hall–Kier alpha value is -2.94. The molecule has 0 bridgehead atoms. The normalized spacial score (nSPS) is 15.9. The van der Waals surface area contributed by atoms with E-state index in [-0.39, 0.29) is 16.2 Å². The van der Waals surface area contributed by atoms with Gasteiger partial charge in [0.2, 0.25) is 10.0 Å². The van der Waals surface area contributed by atoms with Crippen molar-refractivity contribution in [3.8, 4) is 11.8 Å². The van der Waals surface area contributed by atoms with Crippen molar-refractivity contribution in [2.45, 2.75) is 24.5 Å². The second-order valence-electron chi connectivity index (χ2n) is 8.92. The molecular weight excluding hydrogens is 514 g/mol. The van der Waals surface area contributed by atoms with Crippen molar-refractivity contribution in [3.05, 3.63) is 76.1 Å². The van der Waals surface area contributed by atoms with Crippen LogP contribution in [0.1, 0.15) is 28.5 Å². The van der Waals surface area contributed by atoms with E-state index in [1.807, 2.05) is 36.4 Å². The van der Waals surface area contributed by atoms with Gasteiger partial charge in [-0.3, -0.25) is 9.58 Å². The standard InChI is InChI=1S/C26H30ClN5O4S/c1-19-25(26(27)30(2)29-19)37(33,34)32-13-11-31(12-14-32)17-24(22-5-4-6-23(15-22)35-3)36-18-21-9-7-20(16-28)8-10-21/h4-10,15,24H,11-14,17-18H2,1-3H3/t24-/m0/s1. The summed E-state index contributed by atoms with van der Waals surface area (Å²) in [6, 6.07) is 17.2. The minimum absolute atomic E-state index is 0.0742. The Labute approximate surface area is 222 Å². The highest BCUT2D eigenvalue weighted by Gasteiger charge is 2.34. The van der Waals surface area contributed by atoms with Gasteiger partial charge < -0.3 is 9.47 Å². The third-order valence-electron chi connectivity index (χ3n) is 6.45. The molecule has 1 aromatic heterocycles. The summed E-state index contributed by atoms with van der Waals surface area (Å²) in [5.74, 6) is 0.740. The summed E-state index contributed by atoms with van der Waals surface area (Å²) >= 11 is 6.25. The topological polar surface area (TPSA) is 101 Å². The van der Waals surface area contributed by atoms with Crippen LogP contribution in [0.15, 0.2) is 53.4 Å². The molecule has 1 aliphatic rings. The second kappa shape index (κ2) is 11.6. The summed E-state index contributed by atoms with van der Waals surface area (Å²) in [7, 11) is -0.492. The summed E-state index contributed by atoms with van der Waals surface area (Å²) in [4.78, 5) is 2.28. The maximum absolute atomic E-state index is 13.3. The Morgan fingerprint density at radius 3 is 2.43 bits per heavy atom. The Morgan fingerprint density at radius 2 is 1.84 bits per heavy atom. The van der Waals surface area contributed by atoms with E-state index in [0.717, 1.165) is 16.9 Å². The number of benzene rings is 2. The number of aromatic nitrogens is 2. The lowest BCUT2D eigenvalue weighted by atomic mass is 10.1. The van der Waals surface area contributed by atoms with Crippen LogP contribution in [0.5, 0.6) is 5.75 Å². The van der Waals surface area contributed by atoms with Crippen LogP contribution >= 0.6 is 11.6 Å². The lowest BCUT2D eigenvalue weighted by Gasteiger charge is -2.35. The van der Waals surface area contributed by atoms with Gasteiger partial charge in [-0.2, -0.15) is 14.7 Å². The Balaban J connectivity index is 1.45. The second-order valence-corrected chi connectivity index (χ2v) is 11.2. The number of halogens is 1. The number of hydrogen-bond donors (Lipinski definition) is 0. The van der Waals surface area contributed by atoms with Gasteiger partial charge in [-0.25, -0.2) is 8.42 Å². The molecule has 11 heteroatoms. The van der Waals surface area contributed by atoms with Gasteiger partial charge in [0.05, 0.1) is 37.1 Å². The smallest absolute Gasteiger partial charge is 0.248 e. The van der Waals surface area contributed by atoms with E-state index in [1.165, 1.54) is 8.99 Å². The molecule has 4 rings (SSSR count). The lowest BCUT2D eigenvalue weighted by molar-refractivity contribution is 0.00763. The van der Waals surface area contributed by atoms with Crippen LogP contribution in [0.3, 0.4) is 0 Å². The Morgan fingerprint density at radius 1 is 1.14 bits per heavy atom. The van der Waals surface area contributed by atoms with Crippen molar-refractivity contribution in [2.75, 3.05) is 39.8 Å². The van der Waals surface area contributed by atoms with Crippen molar-refractivity contribution in [3.63, 3.8) is 0 Å². The maximum atomic E-state index is 13.3. The van der Waals surface area contributed by atoms with Gasteiger partial charge in [0, 0.05) is 39.8 Å².